The number of thiocarbonyl (C=S) groups is 1. The monoisotopic (exact) mass is 523 g/mol. The molecule has 3 rings (SSSR count). The van der Waals surface area contributed by atoms with E-state index in [0.29, 0.717) is 23.9 Å². The normalized spacial score (nSPS) is 16.8. The fourth-order valence-electron chi connectivity index (χ4n) is 2.66. The fourth-order valence-corrected chi connectivity index (χ4v) is 5.21. The highest BCUT2D eigenvalue weighted by Crippen LogP contribution is 2.39. The van der Waals surface area contributed by atoms with E-state index in [4.69, 9.17) is 12.2 Å². The minimum absolute atomic E-state index is 0.161. The Morgan fingerprint density at radius 2 is 1.66 bits per heavy atom. The van der Waals surface area contributed by atoms with E-state index in [1.165, 1.54) is 6.07 Å². The maximum atomic E-state index is 13.0. The molecule has 170 valence electrons. The smallest absolute Gasteiger partial charge is 0.416 e. The maximum absolute atomic E-state index is 13.0. The Morgan fingerprint density at radius 3 is 2.22 bits per heavy atom. The molecule has 8 nitrogen and oxygen atoms in total. The Labute approximate surface area is 189 Å². The van der Waals surface area contributed by atoms with E-state index in [9.17, 15) is 43.9 Å². The summed E-state index contributed by atoms with van der Waals surface area (Å²) in [7, 11) is -10.3. The van der Waals surface area contributed by atoms with Crippen molar-refractivity contribution in [2.45, 2.75) is 16.0 Å². The van der Waals surface area contributed by atoms with E-state index in [1.807, 2.05) is 0 Å². The molecule has 1 heterocycles. The number of alkyl halides is 3. The van der Waals surface area contributed by atoms with Gasteiger partial charge in [-0.3, -0.25) is 9.69 Å². The van der Waals surface area contributed by atoms with Gasteiger partial charge in [0.25, 0.3) is 5.91 Å². The lowest BCUT2D eigenvalue weighted by molar-refractivity contribution is -0.137. The molecule has 0 atom stereocenters. The van der Waals surface area contributed by atoms with Gasteiger partial charge in [-0.1, -0.05) is 36.1 Å². The number of amides is 1. The summed E-state index contributed by atoms with van der Waals surface area (Å²) in [5, 5.41) is 0. The Hall–Kier alpha value is -2.30. The molecule has 32 heavy (non-hydrogen) atoms. The summed E-state index contributed by atoms with van der Waals surface area (Å²) < 4.78 is 107. The van der Waals surface area contributed by atoms with Crippen LogP contribution >= 0.6 is 24.0 Å². The Balaban J connectivity index is 2.07. The quantitative estimate of drug-likeness (QED) is 0.337. The minimum Gasteiger partial charge on any atom is -0.744 e. The van der Waals surface area contributed by atoms with E-state index in [-0.39, 0.29) is 14.9 Å². The maximum Gasteiger partial charge on any atom is 0.416 e. The molecule has 0 spiro atoms. The van der Waals surface area contributed by atoms with Crippen LogP contribution in [0.1, 0.15) is 11.1 Å². The van der Waals surface area contributed by atoms with E-state index in [2.05, 4.69) is 0 Å². The number of anilines is 1. The van der Waals surface area contributed by atoms with Gasteiger partial charge < -0.3 is 9.11 Å². The van der Waals surface area contributed by atoms with Crippen molar-refractivity contribution in [2.75, 3.05) is 4.90 Å². The predicted octanol–water partition coefficient (Wildman–Crippen LogP) is 2.92. The minimum atomic E-state index is -5.27. The topological polar surface area (TPSA) is 135 Å². The van der Waals surface area contributed by atoms with E-state index < -0.39 is 53.2 Å². The molecule has 1 amide bonds. The van der Waals surface area contributed by atoms with Crippen LogP contribution in [0.4, 0.5) is 18.9 Å². The van der Waals surface area contributed by atoms with Crippen LogP contribution < -0.4 is 4.90 Å². The molecule has 0 aliphatic carbocycles. The number of hydrogen-bond donors (Lipinski definition) is 0. The van der Waals surface area contributed by atoms with Crippen molar-refractivity contribution in [3.63, 3.8) is 0 Å². The zero-order valence-corrected chi connectivity index (χ0v) is 18.5. The molecular formula is C17H8F3NO7S4-2. The largest absolute Gasteiger partial charge is 0.744 e. The van der Waals surface area contributed by atoms with Gasteiger partial charge in [0.2, 0.25) is 0 Å². The number of carbonyl (C=O) groups is 1. The summed E-state index contributed by atoms with van der Waals surface area (Å²) in [5.74, 6) is -0.894. The zero-order valence-electron chi connectivity index (χ0n) is 15.2. The molecule has 0 saturated carbocycles. The second kappa shape index (κ2) is 8.24. The van der Waals surface area contributed by atoms with Gasteiger partial charge in [-0.2, -0.15) is 13.2 Å². The van der Waals surface area contributed by atoms with Crippen molar-refractivity contribution in [1.29, 1.82) is 0 Å². The Morgan fingerprint density at radius 1 is 1.00 bits per heavy atom. The molecular weight excluding hydrogens is 515 g/mol. The van der Waals surface area contributed by atoms with Crippen LogP contribution in [-0.4, -0.2) is 36.2 Å². The predicted molar refractivity (Wildman–Crippen MR) is 109 cm³/mol. The van der Waals surface area contributed by atoms with Gasteiger partial charge in [0.05, 0.1) is 25.9 Å². The average molecular weight is 524 g/mol. The second-order valence-electron chi connectivity index (χ2n) is 6.17. The highest BCUT2D eigenvalue weighted by molar-refractivity contribution is 8.27. The summed E-state index contributed by atoms with van der Waals surface area (Å²) in [6.45, 7) is 0. The first-order valence-corrected chi connectivity index (χ1v) is 12.1. The molecule has 0 radical (unpaired) electrons. The van der Waals surface area contributed by atoms with Crippen molar-refractivity contribution in [3.8, 4) is 0 Å². The number of carbonyl (C=O) groups excluding carboxylic acids is 1. The third-order valence-electron chi connectivity index (χ3n) is 4.06. The van der Waals surface area contributed by atoms with Gasteiger partial charge in [-0.25, -0.2) is 16.8 Å². The van der Waals surface area contributed by atoms with Crippen LogP contribution in [0.2, 0.25) is 0 Å². The molecule has 1 saturated heterocycles. The second-order valence-corrected chi connectivity index (χ2v) is 10.6. The first-order chi connectivity index (χ1) is 14.6. The summed E-state index contributed by atoms with van der Waals surface area (Å²) in [5.41, 5.74) is -1.62. The SMILES string of the molecule is O=C1/C(=C/c2ccc(S(=O)(=O)[O-])cc2S(=O)(=O)[O-])SC(=S)N1c1cccc(C(F)(F)F)c1. The van der Waals surface area contributed by atoms with E-state index in [1.54, 1.807) is 0 Å². The molecule has 1 aliphatic rings. The van der Waals surface area contributed by atoms with Gasteiger partial charge in [-0.15, -0.1) is 0 Å². The molecule has 1 fully saturated rings. The number of nitrogens with zero attached hydrogens (tertiary/aromatic N) is 1. The molecule has 15 heteroatoms. The van der Waals surface area contributed by atoms with Crippen LogP contribution in [0.25, 0.3) is 6.08 Å². The van der Waals surface area contributed by atoms with Crippen LogP contribution in [0.3, 0.4) is 0 Å². The highest BCUT2D eigenvalue weighted by atomic mass is 32.2. The summed E-state index contributed by atoms with van der Waals surface area (Å²) in [4.78, 5) is 11.3. The standard InChI is InChI=1S/C17H10F3NO7S4/c18-17(19,20)10-2-1-3-11(7-10)21-15(22)13(30-16(21)29)6-9-4-5-12(31(23,24)25)8-14(9)32(26,27)28/h1-8H,(H,23,24,25)(H,26,27,28)/p-2/b13-6-. The average Bonchev–Trinajstić information content (AvgIpc) is 2.93. The van der Waals surface area contributed by atoms with Crippen LogP contribution in [0.15, 0.2) is 57.2 Å². The van der Waals surface area contributed by atoms with Crippen molar-refractivity contribution in [3.05, 3.63) is 58.5 Å². The zero-order chi connectivity index (χ0) is 24.1. The summed E-state index contributed by atoms with van der Waals surface area (Å²) >= 11 is 5.68. The van der Waals surface area contributed by atoms with Gasteiger partial charge in [0.1, 0.15) is 20.2 Å². The van der Waals surface area contributed by atoms with Gasteiger partial charge >= 0.3 is 6.18 Å². The first-order valence-electron chi connectivity index (χ1n) is 8.10. The number of benzene rings is 2. The van der Waals surface area contributed by atoms with Crippen molar-refractivity contribution >= 4 is 66.2 Å². The van der Waals surface area contributed by atoms with Gasteiger partial charge in [0.15, 0.2) is 4.32 Å². The van der Waals surface area contributed by atoms with E-state index in [0.717, 1.165) is 35.2 Å². The fraction of sp³-hybridized carbons (Fsp3) is 0.0588. The van der Waals surface area contributed by atoms with Crippen LogP contribution in [-0.2, 0) is 31.2 Å². The molecule has 0 unspecified atom stereocenters. The third kappa shape index (κ3) is 5.02. The third-order valence-corrected chi connectivity index (χ3v) is 7.08. The van der Waals surface area contributed by atoms with Crippen molar-refractivity contribution in [1.82, 2.24) is 0 Å². The summed E-state index contributed by atoms with van der Waals surface area (Å²) in [6.07, 6.45) is -3.76. The number of hydrogen-bond acceptors (Lipinski definition) is 9. The number of rotatable bonds is 4. The summed E-state index contributed by atoms with van der Waals surface area (Å²) in [6, 6.07) is 5.74. The van der Waals surface area contributed by atoms with Gasteiger partial charge in [0, 0.05) is 0 Å². The van der Waals surface area contributed by atoms with Crippen LogP contribution in [0.5, 0.6) is 0 Å². The Bertz CT molecular complexity index is 1380. The molecule has 0 N–H and O–H groups in total. The Kier molecular flexibility index (Phi) is 6.27. The lowest BCUT2D eigenvalue weighted by atomic mass is 10.1. The lowest BCUT2D eigenvalue weighted by Gasteiger charge is -2.16. The highest BCUT2D eigenvalue weighted by Gasteiger charge is 2.36. The lowest BCUT2D eigenvalue weighted by Crippen LogP contribution is -2.27. The molecule has 2 aromatic carbocycles. The first kappa shape index (κ1) is 24.3. The molecule has 2 aromatic rings. The van der Waals surface area contributed by atoms with Crippen molar-refractivity contribution < 1.29 is 43.9 Å². The number of thioether (sulfide) groups is 1. The molecule has 0 bridgehead atoms. The van der Waals surface area contributed by atoms with Crippen LogP contribution in [0, 0.1) is 0 Å². The van der Waals surface area contributed by atoms with E-state index >= 15 is 0 Å². The number of halogens is 3. The van der Waals surface area contributed by atoms with Gasteiger partial charge in [-0.05, 0) is 42.0 Å². The molecule has 1 aliphatic heterocycles. The molecule has 0 aromatic heterocycles. The van der Waals surface area contributed by atoms with Crippen molar-refractivity contribution in [2.24, 2.45) is 0 Å².